The molecule has 1 aliphatic heterocycles. The molecule has 1 aromatic carbocycles. The normalized spacial score (nSPS) is 20.8. The average Bonchev–Trinajstić information content (AvgIpc) is 2.41. The first-order chi connectivity index (χ1) is 9.49. The van der Waals surface area contributed by atoms with Crippen LogP contribution in [0.25, 0.3) is 0 Å². The van der Waals surface area contributed by atoms with E-state index < -0.39 is 6.10 Å². The number of aliphatic hydroxyl groups is 1. The quantitative estimate of drug-likeness (QED) is 0.892. The van der Waals surface area contributed by atoms with Crippen molar-refractivity contribution in [3.63, 3.8) is 0 Å². The fourth-order valence-corrected chi connectivity index (χ4v) is 2.81. The number of carbonyl (C=O) groups is 1. The number of amides is 1. The Morgan fingerprint density at radius 2 is 2.20 bits per heavy atom. The molecule has 2 rings (SSSR count). The van der Waals surface area contributed by atoms with E-state index in [4.69, 9.17) is 0 Å². The fourth-order valence-electron chi connectivity index (χ4n) is 2.81. The van der Waals surface area contributed by atoms with E-state index in [9.17, 15) is 15.0 Å². The fraction of sp³-hybridized carbons (Fsp3) is 0.562. The molecule has 0 saturated carbocycles. The van der Waals surface area contributed by atoms with Crippen molar-refractivity contribution in [2.75, 3.05) is 6.54 Å². The predicted molar refractivity (Wildman–Crippen MR) is 77.8 cm³/mol. The lowest BCUT2D eigenvalue weighted by Crippen LogP contribution is -2.45. The maximum atomic E-state index is 12.6. The van der Waals surface area contributed by atoms with E-state index >= 15 is 0 Å². The SMILES string of the molecule is Cc1ccc(C(=O)N2CCCCC2CC(C)O)cc1O. The first-order valence-electron chi connectivity index (χ1n) is 7.27. The number of carbonyl (C=O) groups excluding carboxylic acids is 1. The van der Waals surface area contributed by atoms with Gasteiger partial charge >= 0.3 is 0 Å². The van der Waals surface area contributed by atoms with Gasteiger partial charge in [-0.25, -0.2) is 0 Å². The van der Waals surface area contributed by atoms with Crippen LogP contribution >= 0.6 is 0 Å². The summed E-state index contributed by atoms with van der Waals surface area (Å²) in [6.45, 7) is 4.29. The van der Waals surface area contributed by atoms with Gasteiger partial charge < -0.3 is 15.1 Å². The number of nitrogens with zero attached hydrogens (tertiary/aromatic N) is 1. The number of rotatable bonds is 3. The second-order valence-corrected chi connectivity index (χ2v) is 5.73. The van der Waals surface area contributed by atoms with Gasteiger partial charge in [-0.1, -0.05) is 6.07 Å². The summed E-state index contributed by atoms with van der Waals surface area (Å²) in [6.07, 6.45) is 3.25. The molecule has 1 aliphatic rings. The Hall–Kier alpha value is -1.55. The molecule has 0 radical (unpaired) electrons. The van der Waals surface area contributed by atoms with E-state index in [1.54, 1.807) is 26.0 Å². The second kappa shape index (κ2) is 6.27. The molecule has 0 spiro atoms. The molecule has 1 fully saturated rings. The van der Waals surface area contributed by atoms with Crippen LogP contribution in [0.5, 0.6) is 5.75 Å². The van der Waals surface area contributed by atoms with Crippen molar-refractivity contribution in [3.05, 3.63) is 29.3 Å². The Labute approximate surface area is 120 Å². The van der Waals surface area contributed by atoms with Gasteiger partial charge in [-0.05, 0) is 57.2 Å². The van der Waals surface area contributed by atoms with Gasteiger partial charge in [0.25, 0.3) is 5.91 Å². The molecule has 0 aromatic heterocycles. The van der Waals surface area contributed by atoms with Crippen molar-refractivity contribution >= 4 is 5.91 Å². The third kappa shape index (κ3) is 3.31. The Morgan fingerprint density at radius 3 is 2.85 bits per heavy atom. The monoisotopic (exact) mass is 277 g/mol. The lowest BCUT2D eigenvalue weighted by atomic mass is 9.96. The summed E-state index contributed by atoms with van der Waals surface area (Å²) in [5.41, 5.74) is 1.28. The lowest BCUT2D eigenvalue weighted by molar-refractivity contribution is 0.0514. The zero-order valence-electron chi connectivity index (χ0n) is 12.2. The van der Waals surface area contributed by atoms with Crippen molar-refractivity contribution in [1.82, 2.24) is 4.90 Å². The first-order valence-corrected chi connectivity index (χ1v) is 7.27. The molecule has 1 saturated heterocycles. The van der Waals surface area contributed by atoms with E-state index in [0.29, 0.717) is 12.0 Å². The van der Waals surface area contributed by atoms with Crippen LogP contribution in [0.3, 0.4) is 0 Å². The highest BCUT2D eigenvalue weighted by atomic mass is 16.3. The molecule has 4 heteroatoms. The summed E-state index contributed by atoms with van der Waals surface area (Å²) in [7, 11) is 0. The molecule has 0 bridgehead atoms. The first kappa shape index (κ1) is 14.9. The Kier molecular flexibility index (Phi) is 4.65. The Morgan fingerprint density at radius 1 is 1.45 bits per heavy atom. The molecule has 1 amide bonds. The zero-order chi connectivity index (χ0) is 14.7. The van der Waals surface area contributed by atoms with Gasteiger partial charge in [0.1, 0.15) is 5.75 Å². The number of phenols is 1. The van der Waals surface area contributed by atoms with Gasteiger partial charge in [0.05, 0.1) is 6.10 Å². The molecular formula is C16H23NO3. The lowest BCUT2D eigenvalue weighted by Gasteiger charge is -2.36. The van der Waals surface area contributed by atoms with Gasteiger partial charge in [-0.3, -0.25) is 4.79 Å². The highest BCUT2D eigenvalue weighted by Crippen LogP contribution is 2.25. The van der Waals surface area contributed by atoms with Crippen LogP contribution in [0.4, 0.5) is 0 Å². The zero-order valence-corrected chi connectivity index (χ0v) is 12.2. The molecule has 1 heterocycles. The molecule has 4 nitrogen and oxygen atoms in total. The number of benzene rings is 1. The van der Waals surface area contributed by atoms with Crippen molar-refractivity contribution in [3.8, 4) is 5.75 Å². The highest BCUT2D eigenvalue weighted by Gasteiger charge is 2.28. The maximum absolute atomic E-state index is 12.6. The van der Waals surface area contributed by atoms with Crippen LogP contribution in [0.2, 0.25) is 0 Å². The van der Waals surface area contributed by atoms with E-state index in [0.717, 1.165) is 31.4 Å². The molecule has 2 N–H and O–H groups in total. The van der Waals surface area contributed by atoms with Crippen LogP contribution in [0.15, 0.2) is 18.2 Å². The number of hydrogen-bond donors (Lipinski definition) is 2. The van der Waals surface area contributed by atoms with Crippen LogP contribution < -0.4 is 0 Å². The van der Waals surface area contributed by atoms with Crippen molar-refractivity contribution < 1.29 is 15.0 Å². The van der Waals surface area contributed by atoms with Crippen LogP contribution in [0, 0.1) is 6.92 Å². The minimum atomic E-state index is -0.403. The molecule has 2 unspecified atom stereocenters. The average molecular weight is 277 g/mol. The van der Waals surface area contributed by atoms with Crippen molar-refractivity contribution in [1.29, 1.82) is 0 Å². The number of phenolic OH excluding ortho intramolecular Hbond substituents is 1. The summed E-state index contributed by atoms with van der Waals surface area (Å²) in [5, 5.41) is 19.3. The summed E-state index contributed by atoms with van der Waals surface area (Å²) in [4.78, 5) is 14.4. The van der Waals surface area contributed by atoms with Crippen LogP contribution in [0.1, 0.15) is 48.5 Å². The Balaban J connectivity index is 2.18. The summed E-state index contributed by atoms with van der Waals surface area (Å²) in [5.74, 6) is 0.102. The molecular weight excluding hydrogens is 254 g/mol. The largest absolute Gasteiger partial charge is 0.508 e. The summed E-state index contributed by atoms with van der Waals surface area (Å²) in [6, 6.07) is 5.15. The number of likely N-dealkylation sites (tertiary alicyclic amines) is 1. The standard InChI is InChI=1S/C16H23NO3/c1-11-6-7-13(10-15(11)19)16(20)17-8-4-3-5-14(17)9-12(2)18/h6-7,10,12,14,18-19H,3-5,8-9H2,1-2H3. The second-order valence-electron chi connectivity index (χ2n) is 5.73. The van der Waals surface area contributed by atoms with Crippen molar-refractivity contribution in [2.24, 2.45) is 0 Å². The van der Waals surface area contributed by atoms with Gasteiger partial charge in [-0.15, -0.1) is 0 Å². The molecule has 2 atom stereocenters. The minimum absolute atomic E-state index is 0.0503. The van der Waals surface area contributed by atoms with Gasteiger partial charge in [0.2, 0.25) is 0 Å². The number of hydrogen-bond acceptors (Lipinski definition) is 3. The Bertz CT molecular complexity index is 485. The number of aryl methyl sites for hydroxylation is 1. The predicted octanol–water partition coefficient (Wildman–Crippen LogP) is 2.47. The topological polar surface area (TPSA) is 60.8 Å². The summed E-state index contributed by atoms with van der Waals surface area (Å²) < 4.78 is 0. The minimum Gasteiger partial charge on any atom is -0.508 e. The third-order valence-electron chi connectivity index (χ3n) is 3.96. The van der Waals surface area contributed by atoms with Crippen LogP contribution in [-0.4, -0.2) is 39.7 Å². The van der Waals surface area contributed by atoms with E-state index in [2.05, 4.69) is 0 Å². The third-order valence-corrected chi connectivity index (χ3v) is 3.96. The van der Waals surface area contributed by atoms with E-state index in [1.165, 1.54) is 6.07 Å². The maximum Gasteiger partial charge on any atom is 0.254 e. The van der Waals surface area contributed by atoms with Crippen molar-refractivity contribution in [2.45, 2.75) is 51.7 Å². The van der Waals surface area contributed by atoms with Gasteiger partial charge in [-0.2, -0.15) is 0 Å². The van der Waals surface area contributed by atoms with Crippen LogP contribution in [-0.2, 0) is 0 Å². The smallest absolute Gasteiger partial charge is 0.254 e. The van der Waals surface area contributed by atoms with Gasteiger partial charge in [0.15, 0.2) is 0 Å². The van der Waals surface area contributed by atoms with E-state index in [1.807, 2.05) is 4.90 Å². The highest BCUT2D eigenvalue weighted by molar-refractivity contribution is 5.95. The number of aliphatic hydroxyl groups excluding tert-OH is 1. The molecule has 1 aromatic rings. The van der Waals surface area contributed by atoms with Gasteiger partial charge in [0, 0.05) is 18.2 Å². The summed E-state index contributed by atoms with van der Waals surface area (Å²) >= 11 is 0. The number of piperidine rings is 1. The molecule has 110 valence electrons. The molecule has 20 heavy (non-hydrogen) atoms. The number of aromatic hydroxyl groups is 1. The molecule has 0 aliphatic carbocycles. The van der Waals surface area contributed by atoms with E-state index in [-0.39, 0.29) is 17.7 Å².